The smallest absolute Gasteiger partial charge is 0.396 e. The van der Waals surface area contributed by atoms with E-state index in [1.807, 2.05) is 61.5 Å². The van der Waals surface area contributed by atoms with Crippen LogP contribution in [0.2, 0.25) is 0 Å². The maximum atomic E-state index is 12.8. The molecule has 9 heteroatoms. The topological polar surface area (TPSA) is 76.8 Å². The predicted octanol–water partition coefficient (Wildman–Crippen LogP) is 6.03. The Labute approximate surface area is 220 Å². The van der Waals surface area contributed by atoms with Crippen molar-refractivity contribution in [3.63, 3.8) is 0 Å². The zero-order valence-electron chi connectivity index (χ0n) is 19.1. The number of nitrogens with zero attached hydrogens (tertiary/aromatic N) is 1. The largest absolute Gasteiger partial charge is 0.426 e. The van der Waals surface area contributed by atoms with Gasteiger partial charge in [0.05, 0.1) is 16.0 Å². The van der Waals surface area contributed by atoms with Gasteiger partial charge in [0, 0.05) is 18.2 Å². The lowest BCUT2D eigenvalue weighted by Crippen LogP contribution is -2.31. The number of amides is 1. The third kappa shape index (κ3) is 5.18. The first-order valence-corrected chi connectivity index (χ1v) is 13.1. The van der Waals surface area contributed by atoms with Crippen LogP contribution in [-0.4, -0.2) is 27.6 Å². The van der Waals surface area contributed by atoms with E-state index in [-0.39, 0.29) is 18.9 Å². The number of thioether (sulfide) groups is 1. The first kappa shape index (κ1) is 24.2. The number of carbonyl (C=O) groups excluding carboxylic acids is 2. The number of hydrogen-bond donors (Lipinski definition) is 0. The molecule has 5 rings (SSSR count). The van der Waals surface area contributed by atoms with E-state index in [4.69, 9.17) is 21.4 Å². The molecule has 180 valence electrons. The van der Waals surface area contributed by atoms with Crippen LogP contribution in [0.1, 0.15) is 17.5 Å². The SMILES string of the molecule is Cc1ccc(-c2cc(OC(=O)CCN3C(=O)C(=Cc4ccccc4)SC3=S)cc3sc(=O)oc23)cc1. The normalized spacial score (nSPS) is 14.7. The van der Waals surface area contributed by atoms with Crippen molar-refractivity contribution in [2.45, 2.75) is 13.3 Å². The highest BCUT2D eigenvalue weighted by atomic mass is 32.2. The molecule has 3 aromatic carbocycles. The first-order valence-electron chi connectivity index (χ1n) is 11.0. The Morgan fingerprint density at radius 1 is 1.08 bits per heavy atom. The number of aryl methyl sites for hydroxylation is 1. The number of thiocarbonyl (C=S) groups is 1. The van der Waals surface area contributed by atoms with Crippen LogP contribution >= 0.6 is 35.3 Å². The minimum Gasteiger partial charge on any atom is -0.426 e. The second-order valence-corrected chi connectivity index (χ2v) is 10.7. The van der Waals surface area contributed by atoms with E-state index in [9.17, 15) is 14.4 Å². The van der Waals surface area contributed by atoms with Crippen molar-refractivity contribution in [1.82, 2.24) is 4.90 Å². The van der Waals surface area contributed by atoms with E-state index in [1.165, 1.54) is 16.7 Å². The molecule has 6 nitrogen and oxygen atoms in total. The third-order valence-corrected chi connectivity index (χ3v) is 7.66. The Hall–Kier alpha value is -3.53. The van der Waals surface area contributed by atoms with Gasteiger partial charge in [0.1, 0.15) is 10.1 Å². The second kappa shape index (κ2) is 10.2. The lowest BCUT2D eigenvalue weighted by atomic mass is 10.0. The van der Waals surface area contributed by atoms with Crippen LogP contribution in [0.25, 0.3) is 27.5 Å². The summed E-state index contributed by atoms with van der Waals surface area (Å²) in [5.41, 5.74) is 3.96. The molecule has 1 fully saturated rings. The van der Waals surface area contributed by atoms with Crippen molar-refractivity contribution < 1.29 is 18.7 Å². The molecular formula is C27H19NO5S3. The summed E-state index contributed by atoms with van der Waals surface area (Å²) in [5, 5.41) is 0. The van der Waals surface area contributed by atoms with Gasteiger partial charge in [0.15, 0.2) is 5.58 Å². The fraction of sp³-hybridized carbons (Fsp3) is 0.111. The van der Waals surface area contributed by atoms with Gasteiger partial charge in [-0.25, -0.2) is 4.79 Å². The zero-order chi connectivity index (χ0) is 25.2. The molecule has 0 saturated carbocycles. The molecule has 0 unspecified atom stereocenters. The van der Waals surface area contributed by atoms with Crippen LogP contribution in [0.15, 0.2) is 80.8 Å². The fourth-order valence-corrected chi connectivity index (χ4v) is 5.77. The van der Waals surface area contributed by atoms with Crippen LogP contribution in [0.3, 0.4) is 0 Å². The minimum absolute atomic E-state index is 0.0371. The second-order valence-electron chi connectivity index (χ2n) is 8.09. The lowest BCUT2D eigenvalue weighted by Gasteiger charge is -2.14. The molecule has 1 aromatic heterocycles. The summed E-state index contributed by atoms with van der Waals surface area (Å²) in [6.07, 6.45) is 1.75. The summed E-state index contributed by atoms with van der Waals surface area (Å²) in [6.45, 7) is 2.10. The fourth-order valence-electron chi connectivity index (χ4n) is 3.74. The average molecular weight is 534 g/mol. The number of rotatable bonds is 6. The highest BCUT2D eigenvalue weighted by molar-refractivity contribution is 8.26. The van der Waals surface area contributed by atoms with Gasteiger partial charge >= 0.3 is 10.9 Å². The average Bonchev–Trinajstić information content (AvgIpc) is 3.36. The van der Waals surface area contributed by atoms with Gasteiger partial charge in [-0.3, -0.25) is 14.5 Å². The van der Waals surface area contributed by atoms with Crippen molar-refractivity contribution in [3.8, 4) is 16.9 Å². The van der Waals surface area contributed by atoms with E-state index in [0.29, 0.717) is 30.8 Å². The van der Waals surface area contributed by atoms with Crippen molar-refractivity contribution in [1.29, 1.82) is 0 Å². The molecule has 36 heavy (non-hydrogen) atoms. The molecule has 1 amide bonds. The number of hydrogen-bond acceptors (Lipinski definition) is 8. The molecule has 0 bridgehead atoms. The van der Waals surface area contributed by atoms with Crippen LogP contribution < -0.4 is 9.68 Å². The molecular weight excluding hydrogens is 515 g/mol. The van der Waals surface area contributed by atoms with Gasteiger partial charge in [0.25, 0.3) is 5.91 Å². The predicted molar refractivity (Wildman–Crippen MR) is 147 cm³/mol. The van der Waals surface area contributed by atoms with Crippen molar-refractivity contribution in [3.05, 3.63) is 92.5 Å². The number of fused-ring (bicyclic) bond motifs is 1. The van der Waals surface area contributed by atoms with E-state index in [1.54, 1.807) is 18.2 Å². The summed E-state index contributed by atoms with van der Waals surface area (Å²) < 4.78 is 12.0. The van der Waals surface area contributed by atoms with Gasteiger partial charge in [-0.1, -0.05) is 95.5 Å². The van der Waals surface area contributed by atoms with E-state index < -0.39 is 10.9 Å². The maximum absolute atomic E-state index is 12.8. The highest BCUT2D eigenvalue weighted by Crippen LogP contribution is 2.35. The molecule has 0 N–H and O–H groups in total. The van der Waals surface area contributed by atoms with Crippen LogP contribution in [0.5, 0.6) is 5.75 Å². The summed E-state index contributed by atoms with van der Waals surface area (Å²) in [4.78, 5) is 38.9. The monoisotopic (exact) mass is 533 g/mol. The van der Waals surface area contributed by atoms with Crippen molar-refractivity contribution in [2.75, 3.05) is 6.54 Å². The number of carbonyl (C=O) groups is 2. The molecule has 1 saturated heterocycles. The quantitative estimate of drug-likeness (QED) is 0.130. The van der Waals surface area contributed by atoms with Gasteiger partial charge in [0.2, 0.25) is 0 Å². The van der Waals surface area contributed by atoms with Crippen LogP contribution in [-0.2, 0) is 9.59 Å². The molecule has 0 radical (unpaired) electrons. The maximum Gasteiger partial charge on any atom is 0.396 e. The van der Waals surface area contributed by atoms with E-state index >= 15 is 0 Å². The highest BCUT2D eigenvalue weighted by Gasteiger charge is 2.32. The van der Waals surface area contributed by atoms with Crippen LogP contribution in [0.4, 0.5) is 0 Å². The Kier molecular flexibility index (Phi) is 6.86. The number of benzene rings is 3. The Morgan fingerprint density at radius 3 is 2.58 bits per heavy atom. The Morgan fingerprint density at radius 2 is 1.83 bits per heavy atom. The molecule has 4 aromatic rings. The number of esters is 1. The molecule has 0 spiro atoms. The Balaban J connectivity index is 1.30. The summed E-state index contributed by atoms with van der Waals surface area (Å²) >= 11 is 7.53. The number of ether oxygens (including phenoxy) is 1. The summed E-state index contributed by atoms with van der Waals surface area (Å²) in [7, 11) is 0. The zero-order valence-corrected chi connectivity index (χ0v) is 21.5. The van der Waals surface area contributed by atoms with E-state index in [0.717, 1.165) is 28.0 Å². The molecule has 1 aliphatic heterocycles. The third-order valence-electron chi connectivity index (χ3n) is 5.51. The van der Waals surface area contributed by atoms with Gasteiger partial charge in [-0.05, 0) is 30.2 Å². The Bertz CT molecular complexity index is 1570. The molecule has 0 aliphatic carbocycles. The molecule has 2 heterocycles. The van der Waals surface area contributed by atoms with Crippen molar-refractivity contribution in [2.24, 2.45) is 0 Å². The minimum atomic E-state index is -0.513. The van der Waals surface area contributed by atoms with Gasteiger partial charge < -0.3 is 9.15 Å². The van der Waals surface area contributed by atoms with Gasteiger partial charge in [-0.15, -0.1) is 0 Å². The summed E-state index contributed by atoms with van der Waals surface area (Å²) in [6, 6.07) is 20.6. The van der Waals surface area contributed by atoms with Crippen molar-refractivity contribution >= 4 is 67.9 Å². The van der Waals surface area contributed by atoms with Gasteiger partial charge in [-0.2, -0.15) is 0 Å². The van der Waals surface area contributed by atoms with E-state index in [2.05, 4.69) is 0 Å². The standard InChI is InChI=1S/C27H19NO5S3/c1-16-7-9-18(10-8-16)20-14-19(15-21-24(20)33-27(31)36-21)32-23(29)11-12-28-25(30)22(35-26(28)34)13-17-5-3-2-4-6-17/h2-10,13-15H,11-12H2,1H3. The molecule has 0 atom stereocenters. The van der Waals surface area contributed by atoms with Crippen LogP contribution in [0, 0.1) is 6.92 Å². The summed E-state index contributed by atoms with van der Waals surface area (Å²) in [5.74, 6) is -0.441. The molecule has 1 aliphatic rings. The lowest BCUT2D eigenvalue weighted by molar-refractivity contribution is -0.134. The first-order chi connectivity index (χ1) is 17.4.